The lowest BCUT2D eigenvalue weighted by Crippen LogP contribution is -2.20. The highest BCUT2D eigenvalue weighted by atomic mass is 32.2. The minimum absolute atomic E-state index is 0.107. The van der Waals surface area contributed by atoms with Crippen LogP contribution in [0.1, 0.15) is 65.5 Å². The first kappa shape index (κ1) is 62.2. The van der Waals surface area contributed by atoms with Crippen LogP contribution < -0.4 is 9.47 Å². The molecule has 0 saturated heterocycles. The van der Waals surface area contributed by atoms with Crippen LogP contribution in [0.5, 0.6) is 11.5 Å². The third-order valence-electron chi connectivity index (χ3n) is 8.79. The van der Waals surface area contributed by atoms with Gasteiger partial charge in [-0.15, -0.1) is 0 Å². The normalized spacial score (nSPS) is 12.6. The molecule has 0 heterocycles. The van der Waals surface area contributed by atoms with Crippen molar-refractivity contribution in [2.24, 2.45) is 0 Å². The van der Waals surface area contributed by atoms with E-state index in [1.165, 1.54) is 0 Å². The summed E-state index contributed by atoms with van der Waals surface area (Å²) >= 11 is 0. The van der Waals surface area contributed by atoms with Gasteiger partial charge in [0.1, 0.15) is 13.2 Å². The summed E-state index contributed by atoms with van der Waals surface area (Å²) in [5.41, 5.74) is 1.88. The van der Waals surface area contributed by atoms with E-state index in [0.29, 0.717) is 170 Å². The molecule has 0 radical (unpaired) electrons. The van der Waals surface area contributed by atoms with Gasteiger partial charge in [-0.2, -0.15) is 16.8 Å². The van der Waals surface area contributed by atoms with Gasteiger partial charge in [0.2, 0.25) is 0 Å². The number of hydrogen-bond donors (Lipinski definition) is 2. The van der Waals surface area contributed by atoms with E-state index in [-0.39, 0.29) is 48.4 Å². The van der Waals surface area contributed by atoms with Crippen molar-refractivity contribution in [2.45, 2.75) is 65.2 Å². The van der Waals surface area contributed by atoms with E-state index in [2.05, 4.69) is 47.6 Å². The van der Waals surface area contributed by atoms with Crippen LogP contribution in [0.2, 0.25) is 0 Å². The van der Waals surface area contributed by atoms with E-state index in [4.69, 9.17) is 75.4 Å². The molecule has 0 amide bonds. The van der Waals surface area contributed by atoms with Gasteiger partial charge >= 0.3 is 0 Å². The summed E-state index contributed by atoms with van der Waals surface area (Å²) in [5.74, 6) is 0.725. The Morgan fingerprint density at radius 2 is 0.621 bits per heavy atom. The van der Waals surface area contributed by atoms with Crippen molar-refractivity contribution in [1.82, 2.24) is 0 Å². The average molecular weight is 995 g/mol. The molecule has 1 aromatic rings. The molecule has 66 heavy (non-hydrogen) atoms. The highest BCUT2D eigenvalue weighted by Crippen LogP contribution is 2.42. The Morgan fingerprint density at radius 1 is 0.364 bits per heavy atom. The zero-order valence-electron chi connectivity index (χ0n) is 40.4. The summed E-state index contributed by atoms with van der Waals surface area (Å²) in [4.78, 5) is 0. The maximum Gasteiger partial charge on any atom is 0.264 e. The van der Waals surface area contributed by atoms with Crippen LogP contribution in [0.15, 0.2) is 12.1 Å². The highest BCUT2D eigenvalue weighted by molar-refractivity contribution is 7.86. The second-order valence-electron chi connectivity index (χ2n) is 16.7. The van der Waals surface area contributed by atoms with E-state index in [0.717, 1.165) is 11.1 Å². The van der Waals surface area contributed by atoms with Crippen molar-refractivity contribution in [3.8, 4) is 11.5 Å². The Labute approximate surface area is 394 Å². The first-order valence-electron chi connectivity index (χ1n) is 22.7. The van der Waals surface area contributed by atoms with Crippen LogP contribution in [0.3, 0.4) is 0 Å². The van der Waals surface area contributed by atoms with Crippen LogP contribution in [0.25, 0.3) is 0 Å². The predicted octanol–water partition coefficient (Wildman–Crippen LogP) is 3.79. The molecular formula is C44H82O20S2. The lowest BCUT2D eigenvalue weighted by molar-refractivity contribution is -0.0181. The van der Waals surface area contributed by atoms with Crippen molar-refractivity contribution in [1.29, 1.82) is 0 Å². The average Bonchev–Trinajstić information content (AvgIpc) is 3.23. The summed E-state index contributed by atoms with van der Waals surface area (Å²) in [6, 6.07) is 4.25. The molecule has 1 aromatic carbocycles. The Morgan fingerprint density at radius 3 is 0.879 bits per heavy atom. The summed E-state index contributed by atoms with van der Waals surface area (Å²) in [5, 5.41) is 0. The second-order valence-corrected chi connectivity index (χ2v) is 19.8. The number of ether oxygens (including phenoxy) is 14. The summed E-state index contributed by atoms with van der Waals surface area (Å²) in [6.07, 6.45) is 0.465. The van der Waals surface area contributed by atoms with Crippen LogP contribution in [0, 0.1) is 0 Å². The molecule has 1 rings (SSSR count). The third-order valence-corrected chi connectivity index (χ3v) is 10.4. The second kappa shape index (κ2) is 38.0. The molecule has 0 aromatic heterocycles. The summed E-state index contributed by atoms with van der Waals surface area (Å²) < 4.78 is 139. The van der Waals surface area contributed by atoms with Gasteiger partial charge in [0, 0.05) is 18.8 Å². The monoisotopic (exact) mass is 994 g/mol. The van der Waals surface area contributed by atoms with Gasteiger partial charge in [-0.3, -0.25) is 9.11 Å². The topological polar surface area (TPSA) is 238 Å². The molecule has 0 saturated carbocycles. The minimum Gasteiger partial charge on any atom is -0.487 e. The molecular weight excluding hydrogens is 913 g/mol. The predicted molar refractivity (Wildman–Crippen MR) is 247 cm³/mol. The Kier molecular flexibility index (Phi) is 35.8. The number of hydrogen-bond acceptors (Lipinski definition) is 18. The van der Waals surface area contributed by atoms with Gasteiger partial charge in [-0.25, -0.2) is 0 Å². The Bertz CT molecular complexity index is 1530. The van der Waals surface area contributed by atoms with Crippen molar-refractivity contribution in [3.63, 3.8) is 0 Å². The molecule has 390 valence electrons. The summed E-state index contributed by atoms with van der Waals surface area (Å²) in [6.45, 7) is 23.0. The fraction of sp³-hybridized carbons (Fsp3) is 0.864. The minimum atomic E-state index is -3.95. The van der Waals surface area contributed by atoms with Gasteiger partial charge in [-0.1, -0.05) is 47.6 Å². The van der Waals surface area contributed by atoms with E-state index in [9.17, 15) is 16.8 Å². The molecule has 0 unspecified atom stereocenters. The van der Waals surface area contributed by atoms with Crippen molar-refractivity contribution in [3.05, 3.63) is 23.3 Å². The Hall–Kier alpha value is -1.84. The zero-order valence-corrected chi connectivity index (χ0v) is 42.1. The third kappa shape index (κ3) is 38.1. The molecule has 0 aliphatic rings. The molecule has 0 spiro atoms. The zero-order chi connectivity index (χ0) is 48.8. The SMILES string of the molecule is CC(C)(C)c1cc(OCCOCCOCCOCCOCCOCCOCCCS(=O)(=O)O)c(OCCOCCOCCOCCOCCOCCOCCCS(=O)(=O)O)c(C(C)(C)C)c1. The highest BCUT2D eigenvalue weighted by Gasteiger charge is 2.27. The van der Waals surface area contributed by atoms with Gasteiger partial charge in [0.15, 0.2) is 11.5 Å². The molecule has 0 atom stereocenters. The molecule has 0 aliphatic carbocycles. The quantitative estimate of drug-likeness (QED) is 0.0698. The molecule has 0 bridgehead atoms. The van der Waals surface area contributed by atoms with Crippen molar-refractivity contribution in [2.75, 3.05) is 183 Å². The first-order valence-corrected chi connectivity index (χ1v) is 25.9. The van der Waals surface area contributed by atoms with E-state index < -0.39 is 20.2 Å². The van der Waals surface area contributed by atoms with Crippen molar-refractivity contribution < 1.29 is 92.3 Å². The molecule has 22 heteroatoms. The fourth-order valence-corrected chi connectivity index (χ4v) is 6.32. The van der Waals surface area contributed by atoms with Gasteiger partial charge in [-0.05, 0) is 35.3 Å². The van der Waals surface area contributed by atoms with Crippen molar-refractivity contribution >= 4 is 20.2 Å². The fourth-order valence-electron chi connectivity index (χ4n) is 5.35. The number of benzene rings is 1. The van der Waals surface area contributed by atoms with E-state index in [1.807, 2.05) is 6.07 Å². The molecule has 0 aliphatic heterocycles. The smallest absolute Gasteiger partial charge is 0.264 e. The van der Waals surface area contributed by atoms with Crippen LogP contribution >= 0.6 is 0 Å². The van der Waals surface area contributed by atoms with Crippen LogP contribution in [-0.2, 0) is 87.9 Å². The largest absolute Gasteiger partial charge is 0.487 e. The molecule has 20 nitrogen and oxygen atoms in total. The van der Waals surface area contributed by atoms with Gasteiger partial charge < -0.3 is 66.3 Å². The van der Waals surface area contributed by atoms with E-state index in [1.54, 1.807) is 0 Å². The van der Waals surface area contributed by atoms with Gasteiger partial charge in [0.05, 0.1) is 157 Å². The first-order chi connectivity index (χ1) is 31.4. The maximum absolute atomic E-state index is 10.6. The van der Waals surface area contributed by atoms with E-state index >= 15 is 0 Å². The molecule has 0 fully saturated rings. The van der Waals surface area contributed by atoms with Crippen LogP contribution in [-0.4, -0.2) is 209 Å². The van der Waals surface area contributed by atoms with Crippen LogP contribution in [0.4, 0.5) is 0 Å². The standard InChI is InChI=1S/C44H82O20S2/c1-43(2,3)39-37-40(44(4,5)6)42(64-34-32-62-30-28-60-26-24-58-22-20-56-18-16-54-14-12-52-10-8-36-66(48,49)50)41(38-39)63-33-31-61-29-27-59-25-23-57-21-19-55-17-15-53-13-11-51-9-7-35-65(45,46)47/h37-38H,7-36H2,1-6H3,(H,45,46,47)(H,48,49,50). The maximum atomic E-state index is 10.6. The number of rotatable bonds is 46. The van der Waals surface area contributed by atoms with Gasteiger partial charge in [0.25, 0.3) is 20.2 Å². The summed E-state index contributed by atoms with van der Waals surface area (Å²) in [7, 11) is -7.90. The molecule has 2 N–H and O–H groups in total. The Balaban J connectivity index is 2.18. The lowest BCUT2D eigenvalue weighted by Gasteiger charge is -2.29. The lowest BCUT2D eigenvalue weighted by atomic mass is 9.80.